The molecule has 3 fully saturated rings. The third-order valence-electron chi connectivity index (χ3n) is 7.20. The molecular formula is C23H45N5O. The molecule has 0 bridgehead atoms. The molecule has 1 atom stereocenters. The largest absolute Gasteiger partial charge is 0.385 e. The number of ether oxygens (including phenoxy) is 1. The molecular weight excluding hydrogens is 362 g/mol. The highest BCUT2D eigenvalue weighted by atomic mass is 16.5. The van der Waals surface area contributed by atoms with E-state index < -0.39 is 0 Å². The predicted molar refractivity (Wildman–Crippen MR) is 122 cm³/mol. The van der Waals surface area contributed by atoms with Gasteiger partial charge in [-0.25, -0.2) is 0 Å². The van der Waals surface area contributed by atoms with Crippen molar-refractivity contribution in [1.29, 1.82) is 0 Å². The van der Waals surface area contributed by atoms with Gasteiger partial charge in [-0.05, 0) is 57.4 Å². The molecule has 0 radical (unpaired) electrons. The van der Waals surface area contributed by atoms with E-state index in [0.717, 1.165) is 38.0 Å². The van der Waals surface area contributed by atoms with Crippen molar-refractivity contribution in [3.05, 3.63) is 0 Å². The molecule has 1 saturated carbocycles. The van der Waals surface area contributed by atoms with E-state index in [1.54, 1.807) is 7.11 Å². The number of nitrogens with one attached hydrogen (secondary N) is 2. The van der Waals surface area contributed by atoms with Crippen molar-refractivity contribution in [3.8, 4) is 0 Å². The summed E-state index contributed by atoms with van der Waals surface area (Å²) in [6.45, 7) is 8.02. The average Bonchev–Trinajstić information content (AvgIpc) is 3.20. The molecule has 0 spiro atoms. The van der Waals surface area contributed by atoms with E-state index in [0.29, 0.717) is 12.1 Å². The zero-order valence-corrected chi connectivity index (χ0v) is 19.0. The molecule has 2 aliphatic heterocycles. The summed E-state index contributed by atoms with van der Waals surface area (Å²) < 4.78 is 5.17. The number of nitrogens with zero attached hydrogens (tertiary/aromatic N) is 3. The number of likely N-dealkylation sites (tertiary alicyclic amines) is 2. The fraction of sp³-hybridized carbons (Fsp3) is 0.957. The molecule has 6 heteroatoms. The normalized spacial score (nSPS) is 26.1. The quantitative estimate of drug-likeness (QED) is 0.350. The minimum atomic E-state index is 0.543. The van der Waals surface area contributed by atoms with Crippen LogP contribution in [0, 0.1) is 5.92 Å². The number of hydrogen-bond acceptors (Lipinski definition) is 4. The SMILES string of the molecule is CN=C(NCC1CCCN1CC1CCCCC1)NC1CCN(CCCOC)CC1. The van der Waals surface area contributed by atoms with Crippen LogP contribution in [0.15, 0.2) is 4.99 Å². The second-order valence-corrected chi connectivity index (χ2v) is 9.35. The van der Waals surface area contributed by atoms with Crippen LogP contribution in [0.4, 0.5) is 0 Å². The van der Waals surface area contributed by atoms with Crippen molar-refractivity contribution >= 4 is 5.96 Å². The van der Waals surface area contributed by atoms with E-state index in [-0.39, 0.29) is 0 Å². The standard InChI is InChI=1S/C23H45N5O/c1-24-23(26-21-11-15-27(16-12-21)13-7-17-29-2)25-18-22-10-6-14-28(22)19-20-8-4-3-5-9-20/h20-22H,3-19H2,1-2H3,(H2,24,25,26). The second-order valence-electron chi connectivity index (χ2n) is 9.35. The Morgan fingerprint density at radius 3 is 2.52 bits per heavy atom. The van der Waals surface area contributed by atoms with Crippen molar-refractivity contribution in [2.24, 2.45) is 10.9 Å². The van der Waals surface area contributed by atoms with Crippen LogP contribution in [0.2, 0.25) is 0 Å². The molecule has 3 aliphatic rings. The van der Waals surface area contributed by atoms with Gasteiger partial charge in [-0.1, -0.05) is 19.3 Å². The summed E-state index contributed by atoms with van der Waals surface area (Å²) in [5.41, 5.74) is 0. The monoisotopic (exact) mass is 407 g/mol. The van der Waals surface area contributed by atoms with E-state index in [4.69, 9.17) is 4.74 Å². The van der Waals surface area contributed by atoms with Gasteiger partial charge in [-0.3, -0.25) is 9.89 Å². The first-order valence-corrected chi connectivity index (χ1v) is 12.2. The lowest BCUT2D eigenvalue weighted by Gasteiger charge is -2.34. The van der Waals surface area contributed by atoms with Crippen molar-refractivity contribution < 1.29 is 4.74 Å². The maximum atomic E-state index is 5.17. The third-order valence-corrected chi connectivity index (χ3v) is 7.20. The topological polar surface area (TPSA) is 52.1 Å². The summed E-state index contributed by atoms with van der Waals surface area (Å²) in [6.07, 6.45) is 13.5. The van der Waals surface area contributed by atoms with E-state index in [1.807, 2.05) is 7.05 Å². The molecule has 0 aromatic rings. The van der Waals surface area contributed by atoms with E-state index in [1.165, 1.54) is 84.0 Å². The van der Waals surface area contributed by atoms with Crippen LogP contribution in [-0.2, 0) is 4.74 Å². The summed E-state index contributed by atoms with van der Waals surface area (Å²) in [5.74, 6) is 1.93. The molecule has 168 valence electrons. The number of methoxy groups -OCH3 is 1. The second kappa shape index (κ2) is 12.8. The first-order valence-electron chi connectivity index (χ1n) is 12.2. The lowest BCUT2D eigenvalue weighted by molar-refractivity contribution is 0.155. The van der Waals surface area contributed by atoms with Gasteiger partial charge in [0.2, 0.25) is 0 Å². The Kier molecular flexibility index (Phi) is 10.0. The number of piperidine rings is 1. The predicted octanol–water partition coefficient (Wildman–Crippen LogP) is 2.70. The first kappa shape index (κ1) is 22.8. The van der Waals surface area contributed by atoms with Crippen LogP contribution >= 0.6 is 0 Å². The summed E-state index contributed by atoms with van der Waals surface area (Å²) in [7, 11) is 3.69. The molecule has 0 aromatic carbocycles. The molecule has 29 heavy (non-hydrogen) atoms. The van der Waals surface area contributed by atoms with Gasteiger partial charge in [0.25, 0.3) is 0 Å². The number of hydrogen-bond donors (Lipinski definition) is 2. The molecule has 1 aliphatic carbocycles. The Hall–Kier alpha value is -0.850. The van der Waals surface area contributed by atoms with Crippen molar-refractivity contribution in [3.63, 3.8) is 0 Å². The maximum Gasteiger partial charge on any atom is 0.191 e. The Morgan fingerprint density at radius 2 is 1.79 bits per heavy atom. The summed E-state index contributed by atoms with van der Waals surface area (Å²) in [6, 6.07) is 1.22. The highest BCUT2D eigenvalue weighted by Gasteiger charge is 2.28. The van der Waals surface area contributed by atoms with Crippen molar-refractivity contribution in [1.82, 2.24) is 20.4 Å². The smallest absolute Gasteiger partial charge is 0.191 e. The Morgan fingerprint density at radius 1 is 1.00 bits per heavy atom. The summed E-state index contributed by atoms with van der Waals surface area (Å²) in [4.78, 5) is 9.83. The molecule has 1 unspecified atom stereocenters. The third kappa shape index (κ3) is 7.72. The number of aliphatic imine (C=N–C) groups is 1. The van der Waals surface area contributed by atoms with E-state index in [2.05, 4.69) is 25.4 Å². The Balaban J connectivity index is 1.34. The molecule has 2 N–H and O–H groups in total. The Labute approximate surface area is 178 Å². The van der Waals surface area contributed by atoms with Crippen molar-refractivity contribution in [2.45, 2.75) is 76.3 Å². The zero-order chi connectivity index (χ0) is 20.3. The van der Waals surface area contributed by atoms with Gasteiger partial charge in [0, 0.05) is 65.6 Å². The van der Waals surface area contributed by atoms with E-state index >= 15 is 0 Å². The fourth-order valence-electron chi connectivity index (χ4n) is 5.40. The molecule has 0 aromatic heterocycles. The van der Waals surface area contributed by atoms with Crippen LogP contribution in [0.3, 0.4) is 0 Å². The lowest BCUT2D eigenvalue weighted by Crippen LogP contribution is -2.51. The maximum absolute atomic E-state index is 5.17. The summed E-state index contributed by atoms with van der Waals surface area (Å²) in [5, 5.41) is 7.33. The zero-order valence-electron chi connectivity index (χ0n) is 19.0. The molecule has 6 nitrogen and oxygen atoms in total. The molecule has 0 amide bonds. The van der Waals surface area contributed by atoms with Crippen LogP contribution in [0.25, 0.3) is 0 Å². The highest BCUT2D eigenvalue weighted by Crippen LogP contribution is 2.27. The molecule has 2 saturated heterocycles. The van der Waals surface area contributed by atoms with Crippen LogP contribution < -0.4 is 10.6 Å². The van der Waals surface area contributed by atoms with Gasteiger partial charge in [-0.2, -0.15) is 0 Å². The van der Waals surface area contributed by atoms with Gasteiger partial charge in [-0.15, -0.1) is 0 Å². The lowest BCUT2D eigenvalue weighted by atomic mass is 9.89. The van der Waals surface area contributed by atoms with Gasteiger partial charge >= 0.3 is 0 Å². The molecule has 2 heterocycles. The van der Waals surface area contributed by atoms with Gasteiger partial charge < -0.3 is 20.3 Å². The first-order chi connectivity index (χ1) is 14.3. The van der Waals surface area contributed by atoms with Crippen LogP contribution in [-0.4, -0.2) is 87.9 Å². The Bertz CT molecular complexity index is 472. The number of rotatable bonds is 9. The highest BCUT2D eigenvalue weighted by molar-refractivity contribution is 5.80. The van der Waals surface area contributed by atoms with Crippen LogP contribution in [0.5, 0.6) is 0 Å². The number of guanidine groups is 1. The van der Waals surface area contributed by atoms with Gasteiger partial charge in [0.15, 0.2) is 5.96 Å². The fourth-order valence-corrected chi connectivity index (χ4v) is 5.40. The molecule has 3 rings (SSSR count). The minimum absolute atomic E-state index is 0.543. The van der Waals surface area contributed by atoms with E-state index in [9.17, 15) is 0 Å². The van der Waals surface area contributed by atoms with Gasteiger partial charge in [0.05, 0.1) is 0 Å². The van der Waals surface area contributed by atoms with Crippen LogP contribution in [0.1, 0.15) is 64.2 Å². The van der Waals surface area contributed by atoms with Crippen molar-refractivity contribution in [2.75, 3.05) is 60.0 Å². The van der Waals surface area contributed by atoms with Gasteiger partial charge in [0.1, 0.15) is 0 Å². The average molecular weight is 408 g/mol. The minimum Gasteiger partial charge on any atom is -0.385 e. The summed E-state index contributed by atoms with van der Waals surface area (Å²) >= 11 is 0.